The highest BCUT2D eigenvalue weighted by Crippen LogP contribution is 2.31. The highest BCUT2D eigenvalue weighted by molar-refractivity contribution is 9.10. The summed E-state index contributed by atoms with van der Waals surface area (Å²) >= 11 is 5.28. The maximum atomic E-state index is 12.9. The minimum absolute atomic E-state index is 0.196. The van der Waals surface area contributed by atoms with Gasteiger partial charge in [-0.2, -0.15) is 11.8 Å². The molecule has 16 heavy (non-hydrogen) atoms. The molecule has 0 bridgehead atoms. The van der Waals surface area contributed by atoms with Gasteiger partial charge in [0.15, 0.2) is 0 Å². The first-order valence-electron chi connectivity index (χ1n) is 5.34. The van der Waals surface area contributed by atoms with Crippen molar-refractivity contribution >= 4 is 27.7 Å². The summed E-state index contributed by atoms with van der Waals surface area (Å²) in [5, 5.41) is 0.567. The van der Waals surface area contributed by atoms with Crippen LogP contribution in [0.5, 0.6) is 0 Å². The van der Waals surface area contributed by atoms with E-state index in [0.717, 1.165) is 28.8 Å². The standard InChI is InChI=1S/C12H14BrFOS/c1-8-12(4-5-15-8)16-7-9-2-3-10(14)6-11(9)13/h2-3,6,8,12H,4-5,7H2,1H3. The smallest absolute Gasteiger partial charge is 0.124 e. The Balaban J connectivity index is 1.94. The molecule has 0 N–H and O–H groups in total. The fraction of sp³-hybridized carbons (Fsp3) is 0.500. The van der Waals surface area contributed by atoms with E-state index in [1.165, 1.54) is 12.1 Å². The molecule has 4 heteroatoms. The fourth-order valence-corrected chi connectivity index (χ4v) is 3.70. The van der Waals surface area contributed by atoms with Gasteiger partial charge in [-0.25, -0.2) is 4.39 Å². The molecule has 0 aromatic heterocycles. The van der Waals surface area contributed by atoms with Crippen molar-refractivity contribution < 1.29 is 9.13 Å². The molecule has 1 aliphatic rings. The second-order valence-corrected chi connectivity index (χ2v) is 6.03. The lowest BCUT2D eigenvalue weighted by atomic mass is 10.2. The summed E-state index contributed by atoms with van der Waals surface area (Å²) in [4.78, 5) is 0. The van der Waals surface area contributed by atoms with Gasteiger partial charge in [-0.05, 0) is 31.0 Å². The van der Waals surface area contributed by atoms with Crippen LogP contribution in [0.1, 0.15) is 18.9 Å². The van der Waals surface area contributed by atoms with Crippen molar-refractivity contribution in [2.75, 3.05) is 6.61 Å². The number of ether oxygens (including phenoxy) is 1. The lowest BCUT2D eigenvalue weighted by molar-refractivity contribution is 0.127. The Morgan fingerprint density at radius 1 is 1.56 bits per heavy atom. The van der Waals surface area contributed by atoms with Crippen molar-refractivity contribution in [1.29, 1.82) is 0 Å². The first kappa shape index (κ1) is 12.4. The van der Waals surface area contributed by atoms with Gasteiger partial charge in [0.25, 0.3) is 0 Å². The van der Waals surface area contributed by atoms with E-state index < -0.39 is 0 Å². The normalized spacial score (nSPS) is 24.9. The summed E-state index contributed by atoms with van der Waals surface area (Å²) in [6.45, 7) is 2.98. The van der Waals surface area contributed by atoms with Crippen LogP contribution >= 0.6 is 27.7 Å². The summed E-state index contributed by atoms with van der Waals surface area (Å²) in [5.74, 6) is 0.706. The molecule has 1 nitrogen and oxygen atoms in total. The topological polar surface area (TPSA) is 9.23 Å². The number of benzene rings is 1. The first-order chi connectivity index (χ1) is 7.66. The van der Waals surface area contributed by atoms with Crippen LogP contribution in [0.25, 0.3) is 0 Å². The minimum atomic E-state index is -0.196. The van der Waals surface area contributed by atoms with E-state index in [0.29, 0.717) is 11.4 Å². The molecule has 1 aromatic rings. The van der Waals surface area contributed by atoms with Crippen molar-refractivity contribution in [3.8, 4) is 0 Å². The third-order valence-electron chi connectivity index (χ3n) is 2.77. The molecule has 2 rings (SSSR count). The number of thioether (sulfide) groups is 1. The van der Waals surface area contributed by atoms with Gasteiger partial charge in [-0.3, -0.25) is 0 Å². The van der Waals surface area contributed by atoms with Crippen LogP contribution in [0.2, 0.25) is 0 Å². The molecule has 0 amide bonds. The minimum Gasteiger partial charge on any atom is -0.377 e. The third kappa shape index (κ3) is 2.99. The van der Waals surface area contributed by atoms with E-state index in [-0.39, 0.29) is 5.82 Å². The molecule has 1 heterocycles. The van der Waals surface area contributed by atoms with E-state index in [2.05, 4.69) is 22.9 Å². The predicted molar refractivity (Wildman–Crippen MR) is 69.2 cm³/mol. The average molecular weight is 305 g/mol. The maximum absolute atomic E-state index is 12.9. The molecule has 1 fully saturated rings. The lowest BCUT2D eigenvalue weighted by Crippen LogP contribution is -2.13. The molecule has 0 radical (unpaired) electrons. The van der Waals surface area contributed by atoms with Gasteiger partial charge in [0, 0.05) is 22.1 Å². The molecule has 1 saturated heterocycles. The highest BCUT2D eigenvalue weighted by atomic mass is 79.9. The molecule has 1 aromatic carbocycles. The Labute approximate surface area is 108 Å². The highest BCUT2D eigenvalue weighted by Gasteiger charge is 2.24. The van der Waals surface area contributed by atoms with Crippen molar-refractivity contribution in [3.63, 3.8) is 0 Å². The van der Waals surface area contributed by atoms with Crippen LogP contribution in [0.15, 0.2) is 22.7 Å². The Morgan fingerprint density at radius 3 is 3.00 bits per heavy atom. The molecule has 0 spiro atoms. The van der Waals surface area contributed by atoms with Crippen LogP contribution in [0, 0.1) is 5.82 Å². The van der Waals surface area contributed by atoms with Crippen LogP contribution in [0.4, 0.5) is 4.39 Å². The third-order valence-corrected chi connectivity index (χ3v) is 5.04. The van der Waals surface area contributed by atoms with Gasteiger partial charge in [0.05, 0.1) is 6.10 Å². The Kier molecular flexibility index (Phi) is 4.27. The van der Waals surface area contributed by atoms with Crippen LogP contribution in [0.3, 0.4) is 0 Å². The molecule has 0 saturated carbocycles. The maximum Gasteiger partial charge on any atom is 0.124 e. The van der Waals surface area contributed by atoms with Crippen LogP contribution < -0.4 is 0 Å². The molecule has 2 unspecified atom stereocenters. The van der Waals surface area contributed by atoms with Crippen LogP contribution in [-0.4, -0.2) is 18.0 Å². The average Bonchev–Trinajstić information content (AvgIpc) is 2.63. The number of halogens is 2. The molecular formula is C12H14BrFOS. The van der Waals surface area contributed by atoms with E-state index in [4.69, 9.17) is 4.74 Å². The molecule has 1 aliphatic heterocycles. The summed E-state index contributed by atoms with van der Waals surface area (Å²) in [6, 6.07) is 4.87. The zero-order valence-electron chi connectivity index (χ0n) is 9.08. The van der Waals surface area contributed by atoms with Gasteiger partial charge >= 0.3 is 0 Å². The lowest BCUT2D eigenvalue weighted by Gasteiger charge is -2.13. The van der Waals surface area contributed by atoms with E-state index in [9.17, 15) is 4.39 Å². The Morgan fingerprint density at radius 2 is 2.38 bits per heavy atom. The molecule has 0 aliphatic carbocycles. The van der Waals surface area contributed by atoms with Crippen molar-refractivity contribution in [2.24, 2.45) is 0 Å². The van der Waals surface area contributed by atoms with Gasteiger partial charge in [-0.1, -0.05) is 22.0 Å². The number of hydrogen-bond donors (Lipinski definition) is 0. The van der Waals surface area contributed by atoms with Crippen molar-refractivity contribution in [2.45, 2.75) is 30.5 Å². The Hall–Kier alpha value is -0.0600. The van der Waals surface area contributed by atoms with Gasteiger partial charge < -0.3 is 4.74 Å². The summed E-state index contributed by atoms with van der Waals surface area (Å²) < 4.78 is 19.3. The number of hydrogen-bond acceptors (Lipinski definition) is 2. The second-order valence-electron chi connectivity index (χ2n) is 3.95. The first-order valence-corrected chi connectivity index (χ1v) is 7.18. The SMILES string of the molecule is CC1OCCC1SCc1ccc(F)cc1Br. The largest absolute Gasteiger partial charge is 0.377 e. The quantitative estimate of drug-likeness (QED) is 0.835. The predicted octanol–water partition coefficient (Wildman–Crippen LogP) is 4.00. The van der Waals surface area contributed by atoms with E-state index >= 15 is 0 Å². The molecule has 2 atom stereocenters. The summed E-state index contributed by atoms with van der Waals surface area (Å²) in [6.07, 6.45) is 1.45. The zero-order valence-corrected chi connectivity index (χ0v) is 11.5. The molecular weight excluding hydrogens is 291 g/mol. The van der Waals surface area contributed by atoms with Gasteiger partial charge in [0.2, 0.25) is 0 Å². The fourth-order valence-electron chi connectivity index (χ4n) is 1.77. The zero-order chi connectivity index (χ0) is 11.5. The summed E-state index contributed by atoms with van der Waals surface area (Å²) in [5.41, 5.74) is 1.14. The van der Waals surface area contributed by atoms with Gasteiger partial charge in [0.1, 0.15) is 5.82 Å². The van der Waals surface area contributed by atoms with Crippen LogP contribution in [-0.2, 0) is 10.5 Å². The monoisotopic (exact) mass is 304 g/mol. The van der Waals surface area contributed by atoms with E-state index in [1.807, 2.05) is 17.8 Å². The molecule has 88 valence electrons. The van der Waals surface area contributed by atoms with Gasteiger partial charge in [-0.15, -0.1) is 0 Å². The van der Waals surface area contributed by atoms with Crippen molar-refractivity contribution in [3.05, 3.63) is 34.1 Å². The summed E-state index contributed by atoms with van der Waals surface area (Å²) in [7, 11) is 0. The number of rotatable bonds is 3. The Bertz CT molecular complexity index is 372. The van der Waals surface area contributed by atoms with Crippen molar-refractivity contribution in [1.82, 2.24) is 0 Å². The second kappa shape index (κ2) is 5.52. The van der Waals surface area contributed by atoms with E-state index in [1.54, 1.807) is 0 Å².